The number of pyridine rings is 1. The number of likely N-dealkylation sites (N-methyl/N-ethyl adjacent to an activating group) is 1. The lowest BCUT2D eigenvalue weighted by atomic mass is 9.80. The molecule has 186 valence electrons. The van der Waals surface area contributed by atoms with Gasteiger partial charge in [0.1, 0.15) is 11.8 Å². The summed E-state index contributed by atoms with van der Waals surface area (Å²) in [5.74, 6) is 0. The van der Waals surface area contributed by atoms with E-state index in [1.165, 1.54) is 11.3 Å². The molecule has 5 rings (SSSR count). The van der Waals surface area contributed by atoms with Crippen LogP contribution in [0.25, 0.3) is 0 Å². The van der Waals surface area contributed by atoms with Crippen LogP contribution in [0, 0.1) is 6.92 Å². The van der Waals surface area contributed by atoms with Gasteiger partial charge in [-0.25, -0.2) is 5.43 Å². The van der Waals surface area contributed by atoms with Crippen molar-refractivity contribution >= 4 is 11.4 Å². The molecule has 0 radical (unpaired) electrons. The molecule has 1 aromatic heterocycles. The average molecular weight is 475 g/mol. The third kappa shape index (κ3) is 5.08. The first-order valence-corrected chi connectivity index (χ1v) is 12.7. The van der Waals surface area contributed by atoms with Gasteiger partial charge in [-0.3, -0.25) is 4.98 Å². The van der Waals surface area contributed by atoms with E-state index in [9.17, 15) is 5.11 Å². The highest BCUT2D eigenvalue weighted by Gasteiger charge is 2.39. The summed E-state index contributed by atoms with van der Waals surface area (Å²) in [6.45, 7) is 12.2. The number of hydrogen-bond donors (Lipinski definition) is 3. The van der Waals surface area contributed by atoms with Crippen molar-refractivity contribution in [1.82, 2.24) is 20.3 Å². The van der Waals surface area contributed by atoms with E-state index in [1.54, 1.807) is 0 Å². The van der Waals surface area contributed by atoms with Crippen molar-refractivity contribution in [3.63, 3.8) is 0 Å². The summed E-state index contributed by atoms with van der Waals surface area (Å²) < 4.78 is 0. The van der Waals surface area contributed by atoms with Gasteiger partial charge in [0.25, 0.3) is 0 Å². The van der Waals surface area contributed by atoms with Crippen LogP contribution in [0.2, 0.25) is 0 Å². The standard InChI is InChI=1S/C28H38N6O/c1-5-6-22-8-7-21-18-24(19-28(3,35)27(21)30-22)34-12-11-26(31-34)29-23-9-10-25(20(2)17-23)33-15-13-32(4)14-16-33/h5,7-12,17,24,26,29,31,35H,1,6,13-16,18-19H2,2-4H3. The number of piperazine rings is 1. The zero-order valence-electron chi connectivity index (χ0n) is 21.2. The number of aliphatic hydroxyl groups is 1. The van der Waals surface area contributed by atoms with Crippen molar-refractivity contribution in [3.05, 3.63) is 77.8 Å². The van der Waals surface area contributed by atoms with Crippen LogP contribution in [0.5, 0.6) is 0 Å². The van der Waals surface area contributed by atoms with Gasteiger partial charge in [0, 0.05) is 62.3 Å². The van der Waals surface area contributed by atoms with Gasteiger partial charge in [-0.1, -0.05) is 12.1 Å². The highest BCUT2D eigenvalue weighted by Crippen LogP contribution is 2.36. The summed E-state index contributed by atoms with van der Waals surface area (Å²) in [5, 5.41) is 17.0. The Morgan fingerprint density at radius 2 is 2.03 bits per heavy atom. The summed E-state index contributed by atoms with van der Waals surface area (Å²) in [5.41, 5.74) is 9.19. The average Bonchev–Trinajstić information content (AvgIpc) is 3.29. The molecule has 7 heteroatoms. The molecule has 3 atom stereocenters. The molecule has 0 bridgehead atoms. The second-order valence-electron chi connectivity index (χ2n) is 10.4. The Bertz CT molecular complexity index is 1100. The van der Waals surface area contributed by atoms with E-state index >= 15 is 0 Å². The fraction of sp³-hybridized carbons (Fsp3) is 0.464. The third-order valence-corrected chi connectivity index (χ3v) is 7.47. The fourth-order valence-corrected chi connectivity index (χ4v) is 5.56. The topological polar surface area (TPSA) is 66.9 Å². The maximum atomic E-state index is 11.2. The van der Waals surface area contributed by atoms with Crippen molar-refractivity contribution in [3.8, 4) is 0 Å². The van der Waals surface area contributed by atoms with Crippen LogP contribution in [-0.2, 0) is 18.4 Å². The van der Waals surface area contributed by atoms with Crippen molar-refractivity contribution in [2.75, 3.05) is 43.4 Å². The first-order chi connectivity index (χ1) is 16.8. The number of rotatable bonds is 6. The molecule has 3 heterocycles. The number of aromatic nitrogens is 1. The van der Waals surface area contributed by atoms with Crippen LogP contribution < -0.4 is 15.6 Å². The molecule has 0 spiro atoms. The van der Waals surface area contributed by atoms with Crippen LogP contribution >= 0.6 is 0 Å². The van der Waals surface area contributed by atoms with Crippen LogP contribution in [0.15, 0.2) is 55.3 Å². The zero-order chi connectivity index (χ0) is 24.6. The lowest BCUT2D eigenvalue weighted by Gasteiger charge is -2.40. The van der Waals surface area contributed by atoms with Gasteiger partial charge >= 0.3 is 0 Å². The minimum Gasteiger partial charge on any atom is -0.384 e. The van der Waals surface area contributed by atoms with Crippen LogP contribution in [0.4, 0.5) is 11.4 Å². The van der Waals surface area contributed by atoms with Crippen LogP contribution in [0.3, 0.4) is 0 Å². The van der Waals surface area contributed by atoms with E-state index in [0.717, 1.165) is 55.2 Å². The molecule has 1 aromatic carbocycles. The van der Waals surface area contributed by atoms with Gasteiger partial charge in [-0.2, -0.15) is 0 Å². The number of hydrazine groups is 1. The van der Waals surface area contributed by atoms with E-state index < -0.39 is 5.60 Å². The number of aryl methyl sites for hydroxylation is 1. The van der Waals surface area contributed by atoms with Gasteiger partial charge in [0.15, 0.2) is 0 Å². The number of benzene rings is 1. The molecule has 3 unspecified atom stereocenters. The third-order valence-electron chi connectivity index (χ3n) is 7.47. The van der Waals surface area contributed by atoms with Gasteiger partial charge in [-0.05, 0) is 68.8 Å². The van der Waals surface area contributed by atoms with Crippen molar-refractivity contribution in [2.24, 2.45) is 0 Å². The second-order valence-corrected chi connectivity index (χ2v) is 10.4. The number of hydrogen-bond acceptors (Lipinski definition) is 7. The van der Waals surface area contributed by atoms with Crippen LogP contribution in [-0.4, -0.2) is 65.4 Å². The number of fused-ring (bicyclic) bond motifs is 1. The van der Waals surface area contributed by atoms with Gasteiger partial charge in [-0.15, -0.1) is 6.58 Å². The predicted octanol–water partition coefficient (Wildman–Crippen LogP) is 3.16. The number of nitrogens with zero attached hydrogens (tertiary/aromatic N) is 4. The Balaban J connectivity index is 1.22. The Kier molecular flexibility index (Phi) is 6.57. The molecule has 1 saturated heterocycles. The highest BCUT2D eigenvalue weighted by atomic mass is 16.3. The van der Waals surface area contributed by atoms with Gasteiger partial charge < -0.3 is 25.2 Å². The summed E-state index contributed by atoms with van der Waals surface area (Å²) in [4.78, 5) is 9.61. The van der Waals surface area contributed by atoms with Crippen LogP contribution in [0.1, 0.15) is 35.9 Å². The molecule has 3 aliphatic rings. The molecule has 2 aliphatic heterocycles. The van der Waals surface area contributed by atoms with Crippen molar-refractivity contribution in [2.45, 2.75) is 50.9 Å². The molecule has 2 aromatic rings. The Hall–Kier alpha value is -2.87. The molecule has 7 nitrogen and oxygen atoms in total. The molecule has 0 saturated carbocycles. The summed E-state index contributed by atoms with van der Waals surface area (Å²) in [6, 6.07) is 11.0. The summed E-state index contributed by atoms with van der Waals surface area (Å²) in [6.07, 6.45) is 8.26. The number of allylic oxidation sites excluding steroid dienone is 1. The highest BCUT2D eigenvalue weighted by molar-refractivity contribution is 5.61. The summed E-state index contributed by atoms with van der Waals surface area (Å²) in [7, 11) is 2.19. The van der Waals surface area contributed by atoms with E-state index in [-0.39, 0.29) is 12.2 Å². The molecule has 1 aliphatic carbocycles. The SMILES string of the molecule is C=CCc1ccc2c(n1)C(C)(O)CC(N1C=CC(Nc3ccc(N4CCN(C)CC4)c(C)c3)N1)C2. The van der Waals surface area contributed by atoms with E-state index in [1.807, 2.05) is 19.1 Å². The van der Waals surface area contributed by atoms with Crippen molar-refractivity contribution < 1.29 is 5.11 Å². The summed E-state index contributed by atoms with van der Waals surface area (Å²) >= 11 is 0. The molecule has 35 heavy (non-hydrogen) atoms. The molecule has 3 N–H and O–H groups in total. The monoisotopic (exact) mass is 474 g/mol. The van der Waals surface area contributed by atoms with E-state index in [4.69, 9.17) is 4.98 Å². The molecular formula is C28H38N6O. The normalized spacial score (nSPS) is 26.6. The van der Waals surface area contributed by atoms with Gasteiger partial charge in [0.2, 0.25) is 0 Å². The first-order valence-electron chi connectivity index (χ1n) is 12.7. The Morgan fingerprint density at radius 1 is 1.23 bits per heavy atom. The maximum Gasteiger partial charge on any atom is 0.115 e. The number of anilines is 2. The van der Waals surface area contributed by atoms with E-state index in [0.29, 0.717) is 12.8 Å². The molecular weight excluding hydrogens is 436 g/mol. The minimum absolute atomic E-state index is 0.00308. The van der Waals surface area contributed by atoms with Crippen molar-refractivity contribution in [1.29, 1.82) is 0 Å². The second kappa shape index (κ2) is 9.64. The quantitative estimate of drug-likeness (QED) is 0.556. The largest absolute Gasteiger partial charge is 0.384 e. The Labute approximate surface area is 209 Å². The Morgan fingerprint density at radius 3 is 2.77 bits per heavy atom. The zero-order valence-corrected chi connectivity index (χ0v) is 21.2. The number of nitrogens with one attached hydrogen (secondary N) is 2. The molecule has 1 fully saturated rings. The van der Waals surface area contributed by atoms with Gasteiger partial charge in [0.05, 0.1) is 11.7 Å². The maximum absolute atomic E-state index is 11.2. The smallest absolute Gasteiger partial charge is 0.115 e. The lowest BCUT2D eigenvalue weighted by Crippen LogP contribution is -2.50. The van der Waals surface area contributed by atoms with E-state index in [2.05, 4.69) is 82.6 Å². The first kappa shape index (κ1) is 23.9. The fourth-order valence-electron chi connectivity index (χ4n) is 5.56. The molecule has 0 amide bonds. The lowest BCUT2D eigenvalue weighted by molar-refractivity contribution is 0.000462. The predicted molar refractivity (Wildman–Crippen MR) is 142 cm³/mol. The minimum atomic E-state index is -0.966.